The number of nitrogens with two attached hydrogens (primary N) is 1. The zero-order valence-corrected chi connectivity index (χ0v) is 8.11. The maximum Gasteiger partial charge on any atom is 0.222 e. The molecule has 0 spiro atoms. The van der Waals surface area contributed by atoms with Crippen LogP contribution < -0.4 is 5.73 Å². The molecule has 4 nitrogen and oxygen atoms in total. The number of anilines is 1. The SMILES string of the molecule is Nc1cc(-c2cc3ccoc3cc2F)no1. The number of furan rings is 1. The van der Waals surface area contributed by atoms with Gasteiger partial charge in [-0.2, -0.15) is 0 Å². The molecule has 2 N–H and O–H groups in total. The van der Waals surface area contributed by atoms with E-state index in [-0.39, 0.29) is 5.88 Å². The quantitative estimate of drug-likeness (QED) is 0.682. The molecule has 0 aliphatic heterocycles. The van der Waals surface area contributed by atoms with E-state index in [1.807, 2.05) is 0 Å². The van der Waals surface area contributed by atoms with Gasteiger partial charge in [0.15, 0.2) is 0 Å². The number of benzene rings is 1. The Morgan fingerprint density at radius 2 is 2.12 bits per heavy atom. The van der Waals surface area contributed by atoms with Crippen LogP contribution in [0.25, 0.3) is 22.2 Å². The summed E-state index contributed by atoms with van der Waals surface area (Å²) in [5, 5.41) is 4.47. The third-order valence-corrected chi connectivity index (χ3v) is 2.35. The first-order valence-corrected chi connectivity index (χ1v) is 4.63. The van der Waals surface area contributed by atoms with Crippen molar-refractivity contribution < 1.29 is 13.3 Å². The molecule has 0 amide bonds. The number of rotatable bonds is 1. The van der Waals surface area contributed by atoms with Gasteiger partial charge in [0.2, 0.25) is 5.88 Å². The van der Waals surface area contributed by atoms with Gasteiger partial charge >= 0.3 is 0 Å². The lowest BCUT2D eigenvalue weighted by molar-refractivity contribution is 0.438. The van der Waals surface area contributed by atoms with E-state index in [4.69, 9.17) is 14.7 Å². The number of nitrogen functional groups attached to an aromatic ring is 1. The third kappa shape index (κ3) is 1.25. The lowest BCUT2D eigenvalue weighted by atomic mass is 10.1. The molecule has 0 fully saturated rings. The topological polar surface area (TPSA) is 65.2 Å². The Bertz CT molecular complexity index is 657. The minimum Gasteiger partial charge on any atom is -0.464 e. The van der Waals surface area contributed by atoms with E-state index in [9.17, 15) is 4.39 Å². The first-order valence-electron chi connectivity index (χ1n) is 4.63. The maximum absolute atomic E-state index is 13.7. The monoisotopic (exact) mass is 218 g/mol. The fourth-order valence-corrected chi connectivity index (χ4v) is 1.60. The number of fused-ring (bicyclic) bond motifs is 1. The third-order valence-electron chi connectivity index (χ3n) is 2.35. The molecule has 3 rings (SSSR count). The highest BCUT2D eigenvalue weighted by Crippen LogP contribution is 2.28. The van der Waals surface area contributed by atoms with E-state index < -0.39 is 5.82 Å². The highest BCUT2D eigenvalue weighted by Gasteiger charge is 2.12. The highest BCUT2D eigenvalue weighted by molar-refractivity contribution is 5.83. The summed E-state index contributed by atoms with van der Waals surface area (Å²) in [5.74, 6) is -0.266. The highest BCUT2D eigenvalue weighted by atomic mass is 19.1. The van der Waals surface area contributed by atoms with Gasteiger partial charge in [0.05, 0.1) is 6.26 Å². The molecule has 0 aliphatic carbocycles. The Kier molecular flexibility index (Phi) is 1.73. The van der Waals surface area contributed by atoms with Crippen LogP contribution in [0.2, 0.25) is 0 Å². The van der Waals surface area contributed by atoms with Crippen molar-refractivity contribution in [1.29, 1.82) is 0 Å². The molecule has 0 atom stereocenters. The molecule has 0 bridgehead atoms. The van der Waals surface area contributed by atoms with Crippen LogP contribution in [0.4, 0.5) is 10.3 Å². The molecule has 2 aromatic heterocycles. The zero-order valence-electron chi connectivity index (χ0n) is 8.11. The minimum atomic E-state index is -0.421. The molecular formula is C11H7FN2O2. The zero-order chi connectivity index (χ0) is 11.1. The molecule has 80 valence electrons. The Hall–Kier alpha value is -2.30. The molecule has 0 saturated heterocycles. The molecular weight excluding hydrogens is 211 g/mol. The Balaban J connectivity index is 2.26. The summed E-state index contributed by atoms with van der Waals surface area (Å²) < 4.78 is 23.5. The normalized spacial score (nSPS) is 11.1. The number of hydrogen-bond donors (Lipinski definition) is 1. The second-order valence-corrected chi connectivity index (χ2v) is 3.41. The summed E-state index contributed by atoms with van der Waals surface area (Å²) in [7, 11) is 0. The first-order chi connectivity index (χ1) is 7.74. The minimum absolute atomic E-state index is 0.154. The second kappa shape index (κ2) is 3.10. The number of halogens is 1. The van der Waals surface area contributed by atoms with Crippen molar-refractivity contribution >= 4 is 16.9 Å². The molecule has 0 saturated carbocycles. The number of hydrogen-bond acceptors (Lipinski definition) is 4. The van der Waals surface area contributed by atoms with Crippen LogP contribution in [0.5, 0.6) is 0 Å². The predicted octanol–water partition coefficient (Wildman–Crippen LogP) is 2.81. The molecule has 5 heteroatoms. The summed E-state index contributed by atoms with van der Waals surface area (Å²) >= 11 is 0. The van der Waals surface area contributed by atoms with Crippen LogP contribution in [0.15, 0.2) is 39.5 Å². The van der Waals surface area contributed by atoms with Crippen LogP contribution in [-0.2, 0) is 0 Å². The van der Waals surface area contributed by atoms with Crippen LogP contribution in [0.3, 0.4) is 0 Å². The van der Waals surface area contributed by atoms with Crippen molar-refractivity contribution in [2.75, 3.05) is 5.73 Å². The van der Waals surface area contributed by atoms with Gasteiger partial charge < -0.3 is 14.7 Å². The molecule has 16 heavy (non-hydrogen) atoms. The van der Waals surface area contributed by atoms with E-state index in [0.29, 0.717) is 16.8 Å². The van der Waals surface area contributed by atoms with Crippen molar-refractivity contribution in [3.05, 3.63) is 36.3 Å². The van der Waals surface area contributed by atoms with E-state index in [2.05, 4.69) is 5.16 Å². The molecule has 3 aromatic rings. The van der Waals surface area contributed by atoms with E-state index in [1.165, 1.54) is 18.4 Å². The Morgan fingerprint density at radius 3 is 2.88 bits per heavy atom. The van der Waals surface area contributed by atoms with Crippen LogP contribution in [0, 0.1) is 5.82 Å². The summed E-state index contributed by atoms with van der Waals surface area (Å²) in [4.78, 5) is 0. The Labute approximate surface area is 89.4 Å². The fourth-order valence-electron chi connectivity index (χ4n) is 1.60. The van der Waals surface area contributed by atoms with Crippen molar-refractivity contribution in [1.82, 2.24) is 5.16 Å². The van der Waals surface area contributed by atoms with E-state index in [1.54, 1.807) is 12.1 Å². The first kappa shape index (κ1) is 8.96. The van der Waals surface area contributed by atoms with Gasteiger partial charge in [0.1, 0.15) is 17.1 Å². The molecule has 0 unspecified atom stereocenters. The van der Waals surface area contributed by atoms with Gasteiger partial charge in [-0.3, -0.25) is 0 Å². The van der Waals surface area contributed by atoms with Crippen molar-refractivity contribution in [3.8, 4) is 11.3 Å². The van der Waals surface area contributed by atoms with Crippen LogP contribution in [0.1, 0.15) is 0 Å². The van der Waals surface area contributed by atoms with Gasteiger partial charge in [-0.15, -0.1) is 0 Å². The molecule has 2 heterocycles. The van der Waals surface area contributed by atoms with Crippen LogP contribution >= 0.6 is 0 Å². The molecule has 0 radical (unpaired) electrons. The fraction of sp³-hybridized carbons (Fsp3) is 0. The van der Waals surface area contributed by atoms with Crippen LogP contribution in [-0.4, -0.2) is 5.16 Å². The lowest BCUT2D eigenvalue weighted by Gasteiger charge is -1.97. The van der Waals surface area contributed by atoms with Gasteiger partial charge in [-0.05, 0) is 12.1 Å². The number of aromatic nitrogens is 1. The second-order valence-electron chi connectivity index (χ2n) is 3.41. The smallest absolute Gasteiger partial charge is 0.222 e. The van der Waals surface area contributed by atoms with Gasteiger partial charge in [0, 0.05) is 23.1 Å². The van der Waals surface area contributed by atoms with Crippen molar-refractivity contribution in [3.63, 3.8) is 0 Å². The average Bonchev–Trinajstić information content (AvgIpc) is 2.84. The molecule has 0 aliphatic rings. The largest absolute Gasteiger partial charge is 0.464 e. The number of nitrogens with zero attached hydrogens (tertiary/aromatic N) is 1. The Morgan fingerprint density at radius 1 is 1.25 bits per heavy atom. The standard InChI is InChI=1S/C11H7FN2O2/c12-8-4-10-6(1-2-15-10)3-7(8)9-5-11(13)16-14-9/h1-5H,13H2. The summed E-state index contributed by atoms with van der Waals surface area (Å²) in [6.45, 7) is 0. The predicted molar refractivity (Wildman–Crippen MR) is 56.1 cm³/mol. The van der Waals surface area contributed by atoms with Crippen molar-refractivity contribution in [2.24, 2.45) is 0 Å². The summed E-state index contributed by atoms with van der Waals surface area (Å²) in [6.07, 6.45) is 1.51. The van der Waals surface area contributed by atoms with Gasteiger partial charge in [0.25, 0.3) is 0 Å². The maximum atomic E-state index is 13.7. The lowest BCUT2D eigenvalue weighted by Crippen LogP contribution is -1.84. The van der Waals surface area contributed by atoms with E-state index in [0.717, 1.165) is 5.39 Å². The van der Waals surface area contributed by atoms with Gasteiger partial charge in [-0.1, -0.05) is 5.16 Å². The van der Waals surface area contributed by atoms with E-state index >= 15 is 0 Å². The summed E-state index contributed by atoms with van der Waals surface area (Å²) in [6, 6.07) is 6.19. The summed E-state index contributed by atoms with van der Waals surface area (Å²) in [5.41, 5.74) is 6.60. The average molecular weight is 218 g/mol. The van der Waals surface area contributed by atoms with Gasteiger partial charge in [-0.25, -0.2) is 4.39 Å². The molecule has 1 aromatic carbocycles. The van der Waals surface area contributed by atoms with Crippen molar-refractivity contribution in [2.45, 2.75) is 0 Å².